The smallest absolute Gasteiger partial charge is 0.304 e. The second-order valence-electron chi connectivity index (χ2n) is 7.22. The van der Waals surface area contributed by atoms with Crippen molar-refractivity contribution in [2.45, 2.75) is 38.7 Å². The first-order valence-electron chi connectivity index (χ1n) is 8.09. The zero-order valence-corrected chi connectivity index (χ0v) is 14.7. The Morgan fingerprint density at radius 1 is 1.04 bits per heavy atom. The molecule has 0 N–H and O–H groups in total. The van der Waals surface area contributed by atoms with Gasteiger partial charge in [0.2, 0.25) is 11.6 Å². The van der Waals surface area contributed by atoms with E-state index in [2.05, 4.69) is 6.07 Å². The Hall–Kier alpha value is -2.75. The van der Waals surface area contributed by atoms with Gasteiger partial charge in [0.1, 0.15) is 0 Å². The number of hydrogen-bond donors (Lipinski definition) is 0. The van der Waals surface area contributed by atoms with Gasteiger partial charge in [-0.25, -0.2) is 0 Å². The number of rotatable bonds is 2. The van der Waals surface area contributed by atoms with E-state index in [1.807, 2.05) is 26.8 Å². The molecular formula is C21H19O4. The van der Waals surface area contributed by atoms with Crippen molar-refractivity contribution in [3.05, 3.63) is 70.8 Å². The van der Waals surface area contributed by atoms with Gasteiger partial charge in [0.15, 0.2) is 0 Å². The molecule has 0 bridgehead atoms. The molecule has 0 unspecified atom stereocenters. The van der Waals surface area contributed by atoms with Crippen molar-refractivity contribution < 1.29 is 19.1 Å². The monoisotopic (exact) mass is 335 g/mol. The van der Waals surface area contributed by atoms with E-state index in [1.54, 1.807) is 36.4 Å². The van der Waals surface area contributed by atoms with Crippen LogP contribution >= 0.6 is 0 Å². The van der Waals surface area contributed by atoms with Crippen LogP contribution in [0.3, 0.4) is 0 Å². The number of ether oxygens (including phenoxy) is 1. The molecule has 25 heavy (non-hydrogen) atoms. The lowest BCUT2D eigenvalue weighted by Gasteiger charge is -2.28. The SMILES string of the molecule is CC(=O)OC1(c2[c]ccc(C(C)(C)C)c2)C(=O)c2ccccc2C1=O. The normalized spacial score (nSPS) is 15.8. The molecule has 0 aliphatic heterocycles. The lowest BCUT2D eigenvalue weighted by Crippen LogP contribution is -2.43. The summed E-state index contributed by atoms with van der Waals surface area (Å²) in [5, 5.41) is 0. The molecule has 0 amide bonds. The van der Waals surface area contributed by atoms with E-state index in [4.69, 9.17) is 4.74 Å². The number of ketones is 2. The number of benzene rings is 2. The predicted molar refractivity (Wildman–Crippen MR) is 92.5 cm³/mol. The average molecular weight is 335 g/mol. The number of carbonyl (C=O) groups is 3. The van der Waals surface area contributed by atoms with Crippen LogP contribution in [0.25, 0.3) is 0 Å². The molecule has 127 valence electrons. The van der Waals surface area contributed by atoms with Gasteiger partial charge >= 0.3 is 5.97 Å². The molecule has 4 nitrogen and oxygen atoms in total. The molecule has 0 atom stereocenters. The van der Waals surface area contributed by atoms with Crippen molar-refractivity contribution in [3.8, 4) is 0 Å². The van der Waals surface area contributed by atoms with E-state index in [0.29, 0.717) is 0 Å². The standard InChI is InChI=1S/C21H19O4/c1-13(22)25-21(15-9-7-8-14(12-15)20(2,3)4)18(23)16-10-5-6-11-17(16)19(21)24/h5-8,10-12H,1-4H3. The maximum absolute atomic E-state index is 13.1. The van der Waals surface area contributed by atoms with Crippen LogP contribution in [0.5, 0.6) is 0 Å². The lowest BCUT2D eigenvalue weighted by molar-refractivity contribution is -0.149. The van der Waals surface area contributed by atoms with Crippen LogP contribution in [0.15, 0.2) is 42.5 Å². The molecule has 0 fully saturated rings. The van der Waals surface area contributed by atoms with Gasteiger partial charge in [-0.05, 0) is 23.1 Å². The third kappa shape index (κ3) is 2.58. The van der Waals surface area contributed by atoms with E-state index in [-0.39, 0.29) is 22.1 Å². The Balaban J connectivity index is 2.26. The van der Waals surface area contributed by atoms with Gasteiger partial charge in [-0.1, -0.05) is 57.2 Å². The molecule has 2 aromatic rings. The zero-order chi connectivity index (χ0) is 18.4. The lowest BCUT2D eigenvalue weighted by atomic mass is 9.81. The Morgan fingerprint density at radius 2 is 1.60 bits per heavy atom. The van der Waals surface area contributed by atoms with Crippen LogP contribution in [0.1, 0.15) is 59.5 Å². The quantitative estimate of drug-likeness (QED) is 0.621. The Morgan fingerprint density at radius 3 is 2.08 bits per heavy atom. The minimum atomic E-state index is -1.99. The third-order valence-electron chi connectivity index (χ3n) is 4.40. The van der Waals surface area contributed by atoms with Gasteiger partial charge in [0.25, 0.3) is 5.60 Å². The number of esters is 1. The number of Topliss-reactive ketones (excluding diaryl/α,β-unsaturated/α-hetero) is 2. The topological polar surface area (TPSA) is 60.4 Å². The molecule has 0 spiro atoms. The van der Waals surface area contributed by atoms with Crippen molar-refractivity contribution in [1.82, 2.24) is 0 Å². The van der Waals surface area contributed by atoms with Crippen molar-refractivity contribution >= 4 is 17.5 Å². The van der Waals surface area contributed by atoms with Gasteiger partial charge in [0.05, 0.1) is 0 Å². The summed E-state index contributed by atoms with van der Waals surface area (Å²) in [5.41, 5.74) is -0.465. The summed E-state index contributed by atoms with van der Waals surface area (Å²) in [7, 11) is 0. The van der Waals surface area contributed by atoms with E-state index in [1.165, 1.54) is 6.92 Å². The van der Waals surface area contributed by atoms with Gasteiger partial charge in [-0.2, -0.15) is 0 Å². The minimum absolute atomic E-state index is 0.196. The van der Waals surface area contributed by atoms with Crippen LogP contribution in [0.4, 0.5) is 0 Å². The van der Waals surface area contributed by atoms with Crippen LogP contribution in [-0.4, -0.2) is 17.5 Å². The number of hydrogen-bond acceptors (Lipinski definition) is 4. The van der Waals surface area contributed by atoms with Gasteiger partial charge < -0.3 is 4.74 Å². The summed E-state index contributed by atoms with van der Waals surface area (Å²) in [6.07, 6.45) is 0. The van der Waals surface area contributed by atoms with Gasteiger partial charge in [0, 0.05) is 23.6 Å². The van der Waals surface area contributed by atoms with E-state index < -0.39 is 23.1 Å². The summed E-state index contributed by atoms with van der Waals surface area (Å²) in [6.45, 7) is 7.27. The molecule has 1 aliphatic carbocycles. The highest BCUT2D eigenvalue weighted by molar-refractivity contribution is 6.32. The minimum Gasteiger partial charge on any atom is -0.437 e. The summed E-state index contributed by atoms with van der Waals surface area (Å²) < 4.78 is 5.39. The number of carbonyl (C=O) groups excluding carboxylic acids is 3. The third-order valence-corrected chi connectivity index (χ3v) is 4.40. The molecule has 4 heteroatoms. The molecule has 1 radical (unpaired) electrons. The first-order chi connectivity index (χ1) is 11.7. The second kappa shape index (κ2) is 5.66. The Kier molecular flexibility index (Phi) is 3.87. The predicted octanol–water partition coefficient (Wildman–Crippen LogP) is 3.62. The highest BCUT2D eigenvalue weighted by Crippen LogP contribution is 2.41. The first-order valence-corrected chi connectivity index (χ1v) is 8.09. The largest absolute Gasteiger partial charge is 0.437 e. The van der Waals surface area contributed by atoms with Crippen LogP contribution in [-0.2, 0) is 20.5 Å². The highest BCUT2D eigenvalue weighted by Gasteiger charge is 2.57. The van der Waals surface area contributed by atoms with E-state index in [0.717, 1.165) is 5.56 Å². The van der Waals surface area contributed by atoms with Crippen LogP contribution < -0.4 is 0 Å². The molecule has 1 aliphatic rings. The van der Waals surface area contributed by atoms with E-state index >= 15 is 0 Å². The van der Waals surface area contributed by atoms with Crippen molar-refractivity contribution in [3.63, 3.8) is 0 Å². The molecule has 0 saturated carbocycles. The van der Waals surface area contributed by atoms with Crippen molar-refractivity contribution in [2.24, 2.45) is 0 Å². The fourth-order valence-corrected chi connectivity index (χ4v) is 3.11. The molecule has 0 aromatic heterocycles. The zero-order valence-electron chi connectivity index (χ0n) is 14.7. The van der Waals surface area contributed by atoms with Crippen LogP contribution in [0, 0.1) is 6.07 Å². The molecule has 0 heterocycles. The van der Waals surface area contributed by atoms with Gasteiger partial charge in [-0.15, -0.1) is 0 Å². The molecule has 3 rings (SSSR count). The van der Waals surface area contributed by atoms with E-state index in [9.17, 15) is 14.4 Å². The summed E-state index contributed by atoms with van der Waals surface area (Å²) in [6, 6.07) is 14.7. The fourth-order valence-electron chi connectivity index (χ4n) is 3.11. The van der Waals surface area contributed by atoms with Gasteiger partial charge in [-0.3, -0.25) is 14.4 Å². The fraction of sp³-hybridized carbons (Fsp3) is 0.286. The average Bonchev–Trinajstić information content (AvgIpc) is 2.77. The molecule has 2 aromatic carbocycles. The van der Waals surface area contributed by atoms with Crippen molar-refractivity contribution in [2.75, 3.05) is 0 Å². The maximum atomic E-state index is 13.1. The summed E-state index contributed by atoms with van der Waals surface area (Å²) in [4.78, 5) is 38.0. The maximum Gasteiger partial charge on any atom is 0.304 e. The Labute approximate surface area is 146 Å². The highest BCUT2D eigenvalue weighted by atomic mass is 16.6. The molecule has 0 saturated heterocycles. The van der Waals surface area contributed by atoms with Crippen molar-refractivity contribution in [1.29, 1.82) is 0 Å². The summed E-state index contributed by atoms with van der Waals surface area (Å²) >= 11 is 0. The van der Waals surface area contributed by atoms with Crippen LogP contribution in [0.2, 0.25) is 0 Å². The summed E-state index contributed by atoms with van der Waals surface area (Å²) in [5.74, 6) is -1.74. The second-order valence-corrected chi connectivity index (χ2v) is 7.22. The Bertz CT molecular complexity index is 852. The number of fused-ring (bicyclic) bond motifs is 1. The molecular weight excluding hydrogens is 316 g/mol. The first kappa shape index (κ1) is 17.1.